The number of rotatable bonds is 4. The monoisotopic (exact) mass is 166 g/mol. The zero-order valence-corrected chi connectivity index (χ0v) is 6.56. The molecule has 0 unspecified atom stereocenters. The molecule has 0 aliphatic carbocycles. The molecule has 1 saturated heterocycles. The van der Waals surface area contributed by atoms with E-state index < -0.39 is 10.1 Å². The SMILES string of the molecule is CS(=O)(=O)OCC[C@H]1CO1. The maximum atomic E-state index is 10.4. The molecule has 0 saturated carbocycles. The van der Waals surface area contributed by atoms with E-state index in [4.69, 9.17) is 4.74 Å². The van der Waals surface area contributed by atoms with Crippen LogP contribution in [0.15, 0.2) is 0 Å². The van der Waals surface area contributed by atoms with Gasteiger partial charge in [-0.25, -0.2) is 0 Å². The molecule has 4 nitrogen and oxygen atoms in total. The van der Waals surface area contributed by atoms with Crippen molar-refractivity contribution in [3.8, 4) is 0 Å². The average molecular weight is 166 g/mol. The van der Waals surface area contributed by atoms with E-state index in [1.165, 1.54) is 0 Å². The van der Waals surface area contributed by atoms with Gasteiger partial charge in [0.1, 0.15) is 0 Å². The van der Waals surface area contributed by atoms with Crippen LogP contribution in [0, 0.1) is 0 Å². The highest BCUT2D eigenvalue weighted by Gasteiger charge is 2.22. The van der Waals surface area contributed by atoms with Crippen LogP contribution in [0.3, 0.4) is 0 Å². The minimum absolute atomic E-state index is 0.238. The van der Waals surface area contributed by atoms with Crippen LogP contribution in [0.4, 0.5) is 0 Å². The molecule has 0 radical (unpaired) electrons. The summed E-state index contributed by atoms with van der Waals surface area (Å²) in [6.07, 6.45) is 1.95. The Morgan fingerprint density at radius 1 is 1.70 bits per heavy atom. The Hall–Kier alpha value is -0.130. The van der Waals surface area contributed by atoms with Crippen LogP contribution in [0.1, 0.15) is 6.42 Å². The van der Waals surface area contributed by atoms with Gasteiger partial charge >= 0.3 is 0 Å². The molecule has 0 bridgehead atoms. The fourth-order valence-corrected chi connectivity index (χ4v) is 0.965. The summed E-state index contributed by atoms with van der Waals surface area (Å²) in [6.45, 7) is 0.983. The molecule has 1 heterocycles. The number of hydrogen-bond donors (Lipinski definition) is 0. The molecule has 0 aromatic carbocycles. The van der Waals surface area contributed by atoms with E-state index in [9.17, 15) is 8.42 Å². The zero-order valence-electron chi connectivity index (χ0n) is 5.74. The Morgan fingerprint density at radius 2 is 2.30 bits per heavy atom. The van der Waals surface area contributed by atoms with E-state index >= 15 is 0 Å². The number of epoxide rings is 1. The van der Waals surface area contributed by atoms with Crippen LogP contribution in [0.25, 0.3) is 0 Å². The lowest BCUT2D eigenvalue weighted by molar-refractivity contribution is 0.288. The van der Waals surface area contributed by atoms with Gasteiger partial charge in [0.05, 0.1) is 25.6 Å². The molecule has 1 fully saturated rings. The Kier molecular flexibility index (Phi) is 2.28. The van der Waals surface area contributed by atoms with Crippen molar-refractivity contribution in [1.29, 1.82) is 0 Å². The highest BCUT2D eigenvalue weighted by atomic mass is 32.2. The van der Waals surface area contributed by atoms with Gasteiger partial charge in [0.15, 0.2) is 0 Å². The first kappa shape index (κ1) is 7.97. The zero-order chi connectivity index (χ0) is 7.61. The predicted octanol–water partition coefficient (Wildman–Crippen LogP) is -0.249. The van der Waals surface area contributed by atoms with Crippen molar-refractivity contribution >= 4 is 10.1 Å². The van der Waals surface area contributed by atoms with Crippen LogP contribution in [0.2, 0.25) is 0 Å². The van der Waals surface area contributed by atoms with Gasteiger partial charge in [-0.1, -0.05) is 0 Å². The van der Waals surface area contributed by atoms with Crippen LogP contribution in [-0.2, 0) is 19.0 Å². The standard InChI is InChI=1S/C5H10O4S/c1-10(6,7)9-3-2-5-4-8-5/h5H,2-4H2,1H3/t5-/m0/s1. The topological polar surface area (TPSA) is 55.9 Å². The molecule has 1 aliphatic heterocycles. The van der Waals surface area contributed by atoms with Crippen molar-refractivity contribution in [3.05, 3.63) is 0 Å². The molecule has 10 heavy (non-hydrogen) atoms. The summed E-state index contributed by atoms with van der Waals surface area (Å²) in [5.74, 6) is 0. The predicted molar refractivity (Wildman–Crippen MR) is 35.2 cm³/mol. The quantitative estimate of drug-likeness (QED) is 0.427. The second-order valence-corrected chi connectivity index (χ2v) is 3.91. The van der Waals surface area contributed by atoms with Crippen LogP contribution in [0.5, 0.6) is 0 Å². The Bertz CT molecular complexity index is 192. The summed E-state index contributed by atoms with van der Waals surface area (Å²) in [5.41, 5.74) is 0. The summed E-state index contributed by atoms with van der Waals surface area (Å²) in [4.78, 5) is 0. The van der Waals surface area contributed by atoms with Crippen LogP contribution < -0.4 is 0 Å². The summed E-state index contributed by atoms with van der Waals surface area (Å²) in [6, 6.07) is 0. The van der Waals surface area contributed by atoms with Crippen molar-refractivity contribution in [2.75, 3.05) is 19.5 Å². The Balaban J connectivity index is 2.04. The van der Waals surface area contributed by atoms with Crippen molar-refractivity contribution in [2.45, 2.75) is 12.5 Å². The maximum absolute atomic E-state index is 10.4. The van der Waals surface area contributed by atoms with Crippen LogP contribution in [-0.4, -0.2) is 34.0 Å². The lowest BCUT2D eigenvalue weighted by atomic mass is 10.4. The molecule has 1 rings (SSSR count). The van der Waals surface area contributed by atoms with Gasteiger partial charge in [-0.15, -0.1) is 0 Å². The van der Waals surface area contributed by atoms with E-state index in [0.717, 1.165) is 12.9 Å². The van der Waals surface area contributed by atoms with Gasteiger partial charge in [-0.05, 0) is 0 Å². The minimum atomic E-state index is -3.25. The summed E-state index contributed by atoms with van der Waals surface area (Å²) < 4.78 is 30.1. The summed E-state index contributed by atoms with van der Waals surface area (Å²) in [5, 5.41) is 0. The van der Waals surface area contributed by atoms with Gasteiger partial charge in [0.2, 0.25) is 0 Å². The molecule has 0 amide bonds. The van der Waals surface area contributed by atoms with Crippen molar-refractivity contribution in [2.24, 2.45) is 0 Å². The van der Waals surface area contributed by atoms with Crippen LogP contribution >= 0.6 is 0 Å². The summed E-state index contributed by atoms with van der Waals surface area (Å²) >= 11 is 0. The Labute approximate surface area is 60.3 Å². The average Bonchev–Trinajstić information content (AvgIpc) is 2.45. The third kappa shape index (κ3) is 3.81. The van der Waals surface area contributed by atoms with Crippen molar-refractivity contribution in [1.82, 2.24) is 0 Å². The van der Waals surface area contributed by atoms with Crippen molar-refractivity contribution < 1.29 is 17.3 Å². The molecule has 1 atom stereocenters. The molecule has 5 heteroatoms. The molecule has 60 valence electrons. The Morgan fingerprint density at radius 3 is 2.70 bits per heavy atom. The first-order valence-corrected chi connectivity index (χ1v) is 4.85. The molecular formula is C5H10O4S. The molecular weight excluding hydrogens is 156 g/mol. The summed E-state index contributed by atoms with van der Waals surface area (Å²) in [7, 11) is -3.25. The van der Waals surface area contributed by atoms with E-state index in [1.807, 2.05) is 0 Å². The smallest absolute Gasteiger partial charge is 0.264 e. The third-order valence-electron chi connectivity index (χ3n) is 1.14. The molecule has 0 aromatic rings. The lowest BCUT2D eigenvalue weighted by Crippen LogP contribution is -2.05. The normalized spacial score (nSPS) is 24.7. The fourth-order valence-electron chi connectivity index (χ4n) is 0.566. The number of ether oxygens (including phenoxy) is 1. The van der Waals surface area contributed by atoms with E-state index in [-0.39, 0.29) is 12.7 Å². The van der Waals surface area contributed by atoms with E-state index in [0.29, 0.717) is 6.42 Å². The second-order valence-electron chi connectivity index (χ2n) is 2.27. The van der Waals surface area contributed by atoms with Gasteiger partial charge in [-0.2, -0.15) is 8.42 Å². The second kappa shape index (κ2) is 2.86. The molecule has 1 aliphatic rings. The lowest BCUT2D eigenvalue weighted by Gasteiger charge is -1.96. The maximum Gasteiger partial charge on any atom is 0.264 e. The van der Waals surface area contributed by atoms with Gasteiger partial charge in [-0.3, -0.25) is 4.18 Å². The largest absolute Gasteiger partial charge is 0.373 e. The minimum Gasteiger partial charge on any atom is -0.373 e. The van der Waals surface area contributed by atoms with E-state index in [1.54, 1.807) is 0 Å². The number of hydrogen-bond acceptors (Lipinski definition) is 4. The third-order valence-corrected chi connectivity index (χ3v) is 1.73. The highest BCUT2D eigenvalue weighted by Crippen LogP contribution is 2.13. The fraction of sp³-hybridized carbons (Fsp3) is 1.00. The van der Waals surface area contributed by atoms with E-state index in [2.05, 4.69) is 4.18 Å². The van der Waals surface area contributed by atoms with Gasteiger partial charge in [0.25, 0.3) is 10.1 Å². The highest BCUT2D eigenvalue weighted by molar-refractivity contribution is 7.85. The van der Waals surface area contributed by atoms with Gasteiger partial charge in [0, 0.05) is 6.42 Å². The molecule has 0 N–H and O–H groups in total. The van der Waals surface area contributed by atoms with Gasteiger partial charge < -0.3 is 4.74 Å². The first-order chi connectivity index (χ1) is 4.58. The molecule has 0 aromatic heterocycles. The van der Waals surface area contributed by atoms with Crippen molar-refractivity contribution in [3.63, 3.8) is 0 Å². The molecule has 0 spiro atoms. The first-order valence-electron chi connectivity index (χ1n) is 3.04.